The topological polar surface area (TPSA) is 58.6 Å². The molecule has 1 saturated heterocycles. The minimum atomic E-state index is -3.45. The van der Waals surface area contributed by atoms with Gasteiger partial charge in [-0.25, -0.2) is 0 Å². The monoisotopic (exact) mass is 352 g/mol. The zero-order chi connectivity index (χ0) is 17.4. The first-order valence-electron chi connectivity index (χ1n) is 8.68. The average molecular weight is 353 g/mol. The molecule has 5 nitrogen and oxygen atoms in total. The highest BCUT2D eigenvalue weighted by atomic mass is 32.2. The number of nitrogens with one attached hydrogen (secondary N) is 1. The summed E-state index contributed by atoms with van der Waals surface area (Å²) in [6.07, 6.45) is 3.60. The van der Waals surface area contributed by atoms with Crippen molar-refractivity contribution < 1.29 is 13.2 Å². The Bertz CT molecular complexity index is 661. The van der Waals surface area contributed by atoms with Crippen LogP contribution in [0.15, 0.2) is 30.3 Å². The summed E-state index contributed by atoms with van der Waals surface area (Å²) in [5.74, 6) is 0. The summed E-state index contributed by atoms with van der Waals surface area (Å²) in [5.41, 5.74) is 0.456. The van der Waals surface area contributed by atoms with Gasteiger partial charge < -0.3 is 4.74 Å². The third kappa shape index (κ3) is 3.82. The average Bonchev–Trinajstić information content (AvgIpc) is 2.88. The van der Waals surface area contributed by atoms with Crippen molar-refractivity contribution in [2.45, 2.75) is 70.2 Å². The van der Waals surface area contributed by atoms with Crippen molar-refractivity contribution in [2.75, 3.05) is 6.54 Å². The van der Waals surface area contributed by atoms with Gasteiger partial charge in [0.25, 0.3) is 10.2 Å². The van der Waals surface area contributed by atoms with E-state index >= 15 is 0 Å². The Morgan fingerprint density at radius 3 is 2.54 bits per heavy atom. The van der Waals surface area contributed by atoms with Gasteiger partial charge in [-0.1, -0.05) is 30.3 Å². The molecule has 1 N–H and O–H groups in total. The van der Waals surface area contributed by atoms with Crippen LogP contribution in [0, 0.1) is 0 Å². The quantitative estimate of drug-likeness (QED) is 0.886. The molecule has 1 heterocycles. The van der Waals surface area contributed by atoms with Crippen LogP contribution in [-0.2, 0) is 21.6 Å². The molecule has 134 valence electrons. The Balaban J connectivity index is 1.59. The van der Waals surface area contributed by atoms with E-state index in [4.69, 9.17) is 4.74 Å². The van der Waals surface area contributed by atoms with E-state index in [1.54, 1.807) is 4.31 Å². The predicted octanol–water partition coefficient (Wildman–Crippen LogP) is 2.83. The largest absolute Gasteiger partial charge is 0.373 e. The van der Waals surface area contributed by atoms with Crippen LogP contribution >= 0.6 is 0 Å². The van der Waals surface area contributed by atoms with Gasteiger partial charge in [0.2, 0.25) is 0 Å². The molecule has 6 heteroatoms. The van der Waals surface area contributed by atoms with Crippen LogP contribution < -0.4 is 4.72 Å². The number of ether oxygens (including phenoxy) is 1. The van der Waals surface area contributed by atoms with E-state index in [9.17, 15) is 8.42 Å². The first-order valence-corrected chi connectivity index (χ1v) is 10.1. The second kappa shape index (κ2) is 6.41. The summed E-state index contributed by atoms with van der Waals surface area (Å²) in [5, 5.41) is 0. The SMILES string of the molecule is CC(C)(C)NS(=O)(=O)N1CCCC12CC(OCc1ccccc1)C2. The van der Waals surface area contributed by atoms with Crippen LogP contribution in [0.3, 0.4) is 0 Å². The van der Waals surface area contributed by atoms with Gasteiger partial charge in [-0.2, -0.15) is 17.4 Å². The molecule has 0 atom stereocenters. The summed E-state index contributed by atoms with van der Waals surface area (Å²) in [4.78, 5) is 0. The lowest BCUT2D eigenvalue weighted by Crippen LogP contribution is -2.62. The van der Waals surface area contributed by atoms with E-state index < -0.39 is 15.7 Å². The molecule has 1 aromatic rings. The molecular formula is C18H28N2O3S. The molecule has 2 fully saturated rings. The van der Waals surface area contributed by atoms with Crippen LogP contribution in [0.25, 0.3) is 0 Å². The maximum Gasteiger partial charge on any atom is 0.280 e. The second-order valence-electron chi connectivity index (χ2n) is 8.08. The van der Waals surface area contributed by atoms with Gasteiger partial charge >= 0.3 is 0 Å². The minimum Gasteiger partial charge on any atom is -0.373 e. The highest BCUT2D eigenvalue weighted by molar-refractivity contribution is 7.87. The summed E-state index contributed by atoms with van der Waals surface area (Å²) >= 11 is 0. The molecule has 0 unspecified atom stereocenters. The van der Waals surface area contributed by atoms with Crippen LogP contribution in [-0.4, -0.2) is 36.4 Å². The molecule has 2 aliphatic rings. The fourth-order valence-corrected chi connectivity index (χ4v) is 5.84. The molecule has 0 radical (unpaired) electrons. The fraction of sp³-hybridized carbons (Fsp3) is 0.667. The molecular weight excluding hydrogens is 324 g/mol. The minimum absolute atomic E-state index is 0.149. The second-order valence-corrected chi connectivity index (χ2v) is 9.68. The maximum atomic E-state index is 12.7. The van der Waals surface area contributed by atoms with Gasteiger partial charge in [0, 0.05) is 17.6 Å². The molecule has 1 saturated carbocycles. The zero-order valence-electron chi connectivity index (χ0n) is 14.8. The Morgan fingerprint density at radius 1 is 1.25 bits per heavy atom. The summed E-state index contributed by atoms with van der Waals surface area (Å²) in [7, 11) is -3.45. The molecule has 1 aliphatic heterocycles. The normalized spacial score (nSPS) is 28.2. The third-order valence-electron chi connectivity index (χ3n) is 4.80. The molecule has 0 bridgehead atoms. The van der Waals surface area contributed by atoms with E-state index in [2.05, 4.69) is 4.72 Å². The van der Waals surface area contributed by atoms with Crippen molar-refractivity contribution in [3.8, 4) is 0 Å². The van der Waals surface area contributed by atoms with E-state index in [-0.39, 0.29) is 11.6 Å². The van der Waals surface area contributed by atoms with Gasteiger partial charge in [0.05, 0.1) is 12.7 Å². The fourth-order valence-electron chi connectivity index (χ4n) is 3.83. The van der Waals surface area contributed by atoms with E-state index in [1.807, 2.05) is 51.1 Å². The van der Waals surface area contributed by atoms with Crippen LogP contribution in [0.4, 0.5) is 0 Å². The molecule has 3 rings (SSSR count). The third-order valence-corrected chi connectivity index (χ3v) is 6.82. The van der Waals surface area contributed by atoms with Gasteiger partial charge in [-0.05, 0) is 52.0 Å². The van der Waals surface area contributed by atoms with Crippen LogP contribution in [0.1, 0.15) is 52.0 Å². The van der Waals surface area contributed by atoms with Crippen molar-refractivity contribution in [2.24, 2.45) is 0 Å². The van der Waals surface area contributed by atoms with Gasteiger partial charge in [0.1, 0.15) is 0 Å². The van der Waals surface area contributed by atoms with Crippen LogP contribution in [0.2, 0.25) is 0 Å². The van der Waals surface area contributed by atoms with E-state index in [0.29, 0.717) is 13.2 Å². The first kappa shape index (κ1) is 17.9. The standard InChI is InChI=1S/C18H28N2O3S/c1-17(2,3)19-24(21,22)20-11-7-10-18(20)12-16(13-18)23-14-15-8-5-4-6-9-15/h4-6,8-9,16,19H,7,10-14H2,1-3H3. The van der Waals surface area contributed by atoms with Crippen molar-refractivity contribution in [3.05, 3.63) is 35.9 Å². The Hall–Kier alpha value is -0.950. The Kier molecular flexibility index (Phi) is 4.77. The number of hydrogen-bond donors (Lipinski definition) is 1. The highest BCUT2D eigenvalue weighted by Gasteiger charge is 2.55. The van der Waals surface area contributed by atoms with Crippen molar-refractivity contribution >= 4 is 10.2 Å². The first-order chi connectivity index (χ1) is 11.2. The molecule has 0 amide bonds. The smallest absolute Gasteiger partial charge is 0.280 e. The number of nitrogens with zero attached hydrogens (tertiary/aromatic N) is 1. The number of rotatable bonds is 5. The van der Waals surface area contributed by atoms with Gasteiger partial charge in [-0.15, -0.1) is 0 Å². The lowest BCUT2D eigenvalue weighted by molar-refractivity contribution is -0.0789. The van der Waals surface area contributed by atoms with E-state index in [1.165, 1.54) is 0 Å². The zero-order valence-corrected chi connectivity index (χ0v) is 15.6. The van der Waals surface area contributed by atoms with E-state index in [0.717, 1.165) is 31.2 Å². The number of benzene rings is 1. The van der Waals surface area contributed by atoms with Crippen molar-refractivity contribution in [1.82, 2.24) is 9.03 Å². The molecule has 1 aromatic carbocycles. The molecule has 1 spiro atoms. The lowest BCUT2D eigenvalue weighted by Gasteiger charge is -2.49. The maximum absolute atomic E-state index is 12.7. The molecule has 0 aromatic heterocycles. The summed E-state index contributed by atoms with van der Waals surface area (Å²) in [6.45, 7) is 6.82. The highest BCUT2D eigenvalue weighted by Crippen LogP contribution is 2.48. The van der Waals surface area contributed by atoms with Gasteiger partial charge in [-0.3, -0.25) is 0 Å². The summed E-state index contributed by atoms with van der Waals surface area (Å²) in [6, 6.07) is 10.1. The Labute approximate surface area is 145 Å². The summed E-state index contributed by atoms with van der Waals surface area (Å²) < 4.78 is 35.9. The van der Waals surface area contributed by atoms with Crippen molar-refractivity contribution in [3.63, 3.8) is 0 Å². The van der Waals surface area contributed by atoms with Crippen LogP contribution in [0.5, 0.6) is 0 Å². The Morgan fingerprint density at radius 2 is 1.92 bits per heavy atom. The molecule has 24 heavy (non-hydrogen) atoms. The number of hydrogen-bond acceptors (Lipinski definition) is 3. The van der Waals surface area contributed by atoms with Gasteiger partial charge in [0.15, 0.2) is 0 Å². The lowest BCUT2D eigenvalue weighted by atomic mass is 9.73. The predicted molar refractivity (Wildman–Crippen MR) is 94.7 cm³/mol. The molecule has 1 aliphatic carbocycles. The van der Waals surface area contributed by atoms with Crippen molar-refractivity contribution in [1.29, 1.82) is 0 Å².